The first kappa shape index (κ1) is 13.8. The molecule has 5 heteroatoms. The van der Waals surface area contributed by atoms with Gasteiger partial charge in [0.1, 0.15) is 18.1 Å². The van der Waals surface area contributed by atoms with Crippen molar-refractivity contribution >= 4 is 9.84 Å². The SMILES string of the molecule is CCCS(=O)(=O)CCOc1cc(C)cc(O)c1. The Morgan fingerprint density at radius 3 is 2.53 bits per heavy atom. The second kappa shape index (κ2) is 5.91. The van der Waals surface area contributed by atoms with Crippen molar-refractivity contribution in [2.45, 2.75) is 20.3 Å². The normalized spacial score (nSPS) is 11.4. The molecule has 0 radical (unpaired) electrons. The highest BCUT2D eigenvalue weighted by Gasteiger charge is 2.09. The van der Waals surface area contributed by atoms with Gasteiger partial charge >= 0.3 is 0 Å². The smallest absolute Gasteiger partial charge is 0.153 e. The summed E-state index contributed by atoms with van der Waals surface area (Å²) in [4.78, 5) is 0. The molecule has 0 unspecified atom stereocenters. The number of sulfone groups is 1. The maximum atomic E-state index is 11.4. The van der Waals surface area contributed by atoms with E-state index in [9.17, 15) is 13.5 Å². The number of aryl methyl sites for hydroxylation is 1. The van der Waals surface area contributed by atoms with Gasteiger partial charge < -0.3 is 9.84 Å². The lowest BCUT2D eigenvalue weighted by atomic mass is 10.2. The molecule has 1 N–H and O–H groups in total. The van der Waals surface area contributed by atoms with Gasteiger partial charge in [-0.15, -0.1) is 0 Å². The van der Waals surface area contributed by atoms with Gasteiger partial charge in [-0.1, -0.05) is 6.92 Å². The van der Waals surface area contributed by atoms with Gasteiger partial charge in [-0.05, 0) is 31.0 Å². The van der Waals surface area contributed by atoms with Crippen LogP contribution >= 0.6 is 0 Å². The summed E-state index contributed by atoms with van der Waals surface area (Å²) in [5.74, 6) is 0.816. The molecule has 0 aliphatic carbocycles. The average Bonchev–Trinajstić information content (AvgIpc) is 2.15. The summed E-state index contributed by atoms with van der Waals surface area (Å²) in [5.41, 5.74) is 0.872. The lowest BCUT2D eigenvalue weighted by Gasteiger charge is -2.08. The topological polar surface area (TPSA) is 63.6 Å². The predicted molar refractivity (Wildman–Crippen MR) is 67.3 cm³/mol. The van der Waals surface area contributed by atoms with Crippen LogP contribution in [0.15, 0.2) is 18.2 Å². The summed E-state index contributed by atoms with van der Waals surface area (Å²) < 4.78 is 28.2. The first-order chi connectivity index (χ1) is 7.93. The van der Waals surface area contributed by atoms with Crippen molar-refractivity contribution in [3.63, 3.8) is 0 Å². The Bertz CT molecular complexity index is 445. The summed E-state index contributed by atoms with van der Waals surface area (Å²) >= 11 is 0. The molecule has 0 atom stereocenters. The molecular weight excluding hydrogens is 240 g/mol. The number of hydrogen-bond acceptors (Lipinski definition) is 4. The van der Waals surface area contributed by atoms with E-state index in [-0.39, 0.29) is 23.9 Å². The number of hydrogen-bond donors (Lipinski definition) is 1. The van der Waals surface area contributed by atoms with Crippen molar-refractivity contribution in [3.8, 4) is 11.5 Å². The lowest BCUT2D eigenvalue weighted by Crippen LogP contribution is -2.16. The summed E-state index contributed by atoms with van der Waals surface area (Å²) in [5, 5.41) is 9.34. The summed E-state index contributed by atoms with van der Waals surface area (Å²) in [6, 6.07) is 4.84. The molecule has 0 aliphatic rings. The highest BCUT2D eigenvalue weighted by molar-refractivity contribution is 7.91. The third-order valence-electron chi connectivity index (χ3n) is 2.21. The van der Waals surface area contributed by atoms with Crippen molar-refractivity contribution in [2.75, 3.05) is 18.1 Å². The van der Waals surface area contributed by atoms with Crippen LogP contribution in [0.1, 0.15) is 18.9 Å². The Hall–Kier alpha value is -1.23. The number of phenolic OH excluding ortho intramolecular Hbond substituents is 1. The van der Waals surface area contributed by atoms with Gasteiger partial charge in [0.25, 0.3) is 0 Å². The number of rotatable bonds is 6. The molecule has 0 bridgehead atoms. The monoisotopic (exact) mass is 258 g/mol. The van der Waals surface area contributed by atoms with Gasteiger partial charge in [-0.25, -0.2) is 8.42 Å². The predicted octanol–water partition coefficient (Wildman–Crippen LogP) is 1.90. The number of aromatic hydroxyl groups is 1. The highest BCUT2D eigenvalue weighted by atomic mass is 32.2. The lowest BCUT2D eigenvalue weighted by molar-refractivity contribution is 0.338. The van der Waals surface area contributed by atoms with E-state index in [4.69, 9.17) is 4.74 Å². The van der Waals surface area contributed by atoms with Gasteiger partial charge in [0.2, 0.25) is 0 Å². The molecule has 1 aromatic rings. The zero-order valence-electron chi connectivity index (χ0n) is 10.1. The van der Waals surface area contributed by atoms with Crippen LogP contribution in [0.25, 0.3) is 0 Å². The van der Waals surface area contributed by atoms with Crippen LogP contribution in [0, 0.1) is 6.92 Å². The molecule has 96 valence electrons. The highest BCUT2D eigenvalue weighted by Crippen LogP contribution is 2.21. The largest absolute Gasteiger partial charge is 0.508 e. The van der Waals surface area contributed by atoms with Crippen LogP contribution in [0.4, 0.5) is 0 Å². The minimum atomic E-state index is -3.01. The third kappa shape index (κ3) is 5.08. The van der Waals surface area contributed by atoms with Gasteiger partial charge in [-0.2, -0.15) is 0 Å². The van der Waals surface area contributed by atoms with Gasteiger partial charge in [0, 0.05) is 6.07 Å². The number of phenols is 1. The Morgan fingerprint density at radius 2 is 1.94 bits per heavy atom. The van der Waals surface area contributed by atoms with E-state index in [1.165, 1.54) is 6.07 Å². The molecule has 4 nitrogen and oxygen atoms in total. The van der Waals surface area contributed by atoms with Crippen LogP contribution in [0.3, 0.4) is 0 Å². The molecule has 0 aromatic heterocycles. The Morgan fingerprint density at radius 1 is 1.24 bits per heavy atom. The van der Waals surface area contributed by atoms with E-state index in [0.29, 0.717) is 12.2 Å². The molecule has 17 heavy (non-hydrogen) atoms. The van der Waals surface area contributed by atoms with Crippen LogP contribution < -0.4 is 4.74 Å². The maximum absolute atomic E-state index is 11.4. The van der Waals surface area contributed by atoms with Crippen molar-refractivity contribution in [3.05, 3.63) is 23.8 Å². The third-order valence-corrected chi connectivity index (χ3v) is 4.03. The molecule has 0 amide bonds. The molecule has 0 spiro atoms. The van der Waals surface area contributed by atoms with E-state index in [2.05, 4.69) is 0 Å². The van der Waals surface area contributed by atoms with Crippen molar-refractivity contribution < 1.29 is 18.3 Å². The average molecular weight is 258 g/mol. The second-order valence-electron chi connectivity index (χ2n) is 4.00. The maximum Gasteiger partial charge on any atom is 0.153 e. The molecule has 1 aromatic carbocycles. The quantitative estimate of drug-likeness (QED) is 0.846. The first-order valence-electron chi connectivity index (χ1n) is 5.57. The van der Waals surface area contributed by atoms with Crippen LogP contribution in [-0.4, -0.2) is 31.6 Å². The zero-order chi connectivity index (χ0) is 12.9. The second-order valence-corrected chi connectivity index (χ2v) is 6.31. The standard InChI is InChI=1S/C12H18O4S/c1-3-5-17(14,15)6-4-16-12-8-10(2)7-11(13)9-12/h7-9,13H,3-6H2,1-2H3. The zero-order valence-corrected chi connectivity index (χ0v) is 11.0. The Labute approximate surface area is 102 Å². The molecule has 1 rings (SSSR count). The fourth-order valence-corrected chi connectivity index (χ4v) is 2.67. The molecule has 0 heterocycles. The van der Waals surface area contributed by atoms with E-state index in [1.54, 1.807) is 12.1 Å². The Balaban J connectivity index is 2.51. The fraction of sp³-hybridized carbons (Fsp3) is 0.500. The molecule has 0 saturated carbocycles. The fourth-order valence-electron chi connectivity index (χ4n) is 1.51. The molecule has 0 saturated heterocycles. The molecule has 0 aliphatic heterocycles. The van der Waals surface area contributed by atoms with Crippen molar-refractivity contribution in [1.82, 2.24) is 0 Å². The van der Waals surface area contributed by atoms with E-state index in [1.807, 2.05) is 13.8 Å². The van der Waals surface area contributed by atoms with Gasteiger partial charge in [0.05, 0.1) is 11.5 Å². The van der Waals surface area contributed by atoms with Gasteiger partial charge in [0.15, 0.2) is 9.84 Å². The van der Waals surface area contributed by atoms with Crippen molar-refractivity contribution in [1.29, 1.82) is 0 Å². The summed E-state index contributed by atoms with van der Waals surface area (Å²) in [7, 11) is -3.01. The summed E-state index contributed by atoms with van der Waals surface area (Å²) in [6.45, 7) is 3.78. The van der Waals surface area contributed by atoms with Crippen LogP contribution in [-0.2, 0) is 9.84 Å². The van der Waals surface area contributed by atoms with E-state index >= 15 is 0 Å². The number of ether oxygens (including phenoxy) is 1. The van der Waals surface area contributed by atoms with Crippen molar-refractivity contribution in [2.24, 2.45) is 0 Å². The summed E-state index contributed by atoms with van der Waals surface area (Å²) in [6.07, 6.45) is 0.619. The molecular formula is C12H18O4S. The Kier molecular flexibility index (Phi) is 4.81. The minimum absolute atomic E-state index is 0.00947. The first-order valence-corrected chi connectivity index (χ1v) is 7.39. The minimum Gasteiger partial charge on any atom is -0.508 e. The van der Waals surface area contributed by atoms with E-state index in [0.717, 1.165) is 5.56 Å². The van der Waals surface area contributed by atoms with Crippen LogP contribution in [0.5, 0.6) is 11.5 Å². The molecule has 0 fully saturated rings. The van der Waals surface area contributed by atoms with Crippen LogP contribution in [0.2, 0.25) is 0 Å². The van der Waals surface area contributed by atoms with E-state index < -0.39 is 9.84 Å². The van der Waals surface area contributed by atoms with Gasteiger partial charge in [-0.3, -0.25) is 0 Å². The number of benzene rings is 1.